The third-order valence-electron chi connectivity index (χ3n) is 0.795. The fourth-order valence-corrected chi connectivity index (χ4v) is 0.449. The molecule has 2 N–H and O–H groups in total. The molecular formula is C5H7N3. The van der Waals surface area contributed by atoms with E-state index in [4.69, 9.17) is 1.41 Å². The van der Waals surface area contributed by atoms with E-state index in [-0.39, 0.29) is 0 Å². The molecule has 0 amide bonds. The summed E-state index contributed by atoms with van der Waals surface area (Å²) in [5.41, 5.74) is 2.96. The minimum absolute atomic E-state index is 0.343. The molecule has 0 saturated heterocycles. The van der Waals surface area contributed by atoms with Gasteiger partial charge in [-0.15, -0.1) is 0 Å². The Hall–Kier alpha value is -1.12. The summed E-state index contributed by atoms with van der Waals surface area (Å²) in [7, 11) is 0. The SMILES string of the molecule is [2H]Nc1nccc(C)n1. The number of nitrogens with zero attached hydrogens (tertiary/aromatic N) is 2. The van der Waals surface area contributed by atoms with E-state index in [1.807, 2.05) is 6.92 Å². The second-order valence-corrected chi connectivity index (χ2v) is 1.52. The smallest absolute Gasteiger partial charge is 0.220 e. The summed E-state index contributed by atoms with van der Waals surface area (Å²) in [6, 6.07) is 1.78. The molecule has 0 aromatic carbocycles. The van der Waals surface area contributed by atoms with Gasteiger partial charge in [0.1, 0.15) is 0 Å². The fourth-order valence-electron chi connectivity index (χ4n) is 0.449. The second kappa shape index (κ2) is 1.78. The molecule has 3 nitrogen and oxygen atoms in total. The van der Waals surface area contributed by atoms with Gasteiger partial charge in [0.05, 0.1) is 0 Å². The lowest BCUT2D eigenvalue weighted by Gasteiger charge is -1.89. The number of aromatic nitrogens is 2. The summed E-state index contributed by atoms with van der Waals surface area (Å²) < 4.78 is 6.67. The van der Waals surface area contributed by atoms with Crippen LogP contribution in [0, 0.1) is 6.92 Å². The molecule has 42 valence electrons. The maximum absolute atomic E-state index is 6.67. The van der Waals surface area contributed by atoms with Gasteiger partial charge in [0.15, 0.2) is 1.41 Å². The van der Waals surface area contributed by atoms with Gasteiger partial charge in [0.2, 0.25) is 5.95 Å². The molecule has 0 unspecified atom stereocenters. The molecule has 0 atom stereocenters. The number of rotatable bonds is 1. The normalized spacial score (nSPS) is 10.4. The van der Waals surface area contributed by atoms with E-state index >= 15 is 0 Å². The van der Waals surface area contributed by atoms with E-state index in [2.05, 4.69) is 15.7 Å². The summed E-state index contributed by atoms with van der Waals surface area (Å²) in [4.78, 5) is 7.63. The van der Waals surface area contributed by atoms with Gasteiger partial charge in [-0.3, -0.25) is 0 Å². The molecule has 1 rings (SSSR count). The van der Waals surface area contributed by atoms with Crippen LogP contribution in [0.25, 0.3) is 0 Å². The molecule has 0 spiro atoms. The van der Waals surface area contributed by atoms with Crippen LogP contribution in [-0.2, 0) is 0 Å². The van der Waals surface area contributed by atoms with Crippen LogP contribution in [0.4, 0.5) is 5.95 Å². The van der Waals surface area contributed by atoms with Crippen molar-refractivity contribution in [2.75, 3.05) is 5.73 Å². The summed E-state index contributed by atoms with van der Waals surface area (Å²) in [6.07, 6.45) is 1.61. The maximum atomic E-state index is 6.67. The predicted octanol–water partition coefficient (Wildman–Crippen LogP) is 0.367. The van der Waals surface area contributed by atoms with Crippen molar-refractivity contribution in [3.8, 4) is 0 Å². The molecule has 1 heterocycles. The van der Waals surface area contributed by atoms with Gasteiger partial charge < -0.3 is 5.73 Å². The van der Waals surface area contributed by atoms with E-state index in [1.54, 1.807) is 12.3 Å². The van der Waals surface area contributed by atoms with E-state index in [9.17, 15) is 0 Å². The van der Waals surface area contributed by atoms with Crippen molar-refractivity contribution >= 4 is 5.95 Å². The molecular weight excluding hydrogens is 102 g/mol. The quantitative estimate of drug-likeness (QED) is 0.568. The monoisotopic (exact) mass is 110 g/mol. The lowest BCUT2D eigenvalue weighted by Crippen LogP contribution is -1.93. The van der Waals surface area contributed by atoms with Crippen molar-refractivity contribution in [3.05, 3.63) is 18.0 Å². The van der Waals surface area contributed by atoms with Crippen molar-refractivity contribution < 1.29 is 1.41 Å². The van der Waals surface area contributed by atoms with Crippen molar-refractivity contribution in [1.29, 1.82) is 0 Å². The minimum atomic E-state index is 0.343. The van der Waals surface area contributed by atoms with Crippen LogP contribution < -0.4 is 5.73 Å². The zero-order valence-corrected chi connectivity index (χ0v) is 4.55. The maximum Gasteiger partial charge on any atom is 0.220 e. The first-order valence-electron chi connectivity index (χ1n) is 2.80. The highest BCUT2D eigenvalue weighted by Gasteiger charge is 1.84. The fraction of sp³-hybridized carbons (Fsp3) is 0.200. The lowest BCUT2D eigenvalue weighted by atomic mass is 10.5. The molecule has 0 fully saturated rings. The Labute approximate surface area is 49.0 Å². The summed E-state index contributed by atoms with van der Waals surface area (Å²) in [5, 5.41) is 0. The first-order chi connectivity index (χ1) is 4.33. The Kier molecular flexibility index (Phi) is 0.850. The van der Waals surface area contributed by atoms with Gasteiger partial charge >= 0.3 is 0 Å². The highest BCUT2D eigenvalue weighted by Crippen LogP contribution is 1.91. The Morgan fingerprint density at radius 1 is 1.88 bits per heavy atom. The predicted molar refractivity (Wildman–Crippen MR) is 31.2 cm³/mol. The molecule has 1 aromatic heterocycles. The molecule has 8 heavy (non-hydrogen) atoms. The molecule has 0 radical (unpaired) electrons. The van der Waals surface area contributed by atoms with Crippen molar-refractivity contribution in [2.24, 2.45) is 0 Å². The third-order valence-corrected chi connectivity index (χ3v) is 0.795. The standard InChI is InChI=1S/C5H7N3/c1-4-2-3-7-5(6)8-4/h2-3H,1H3,(H2,6,7,8)/i/hD. The van der Waals surface area contributed by atoms with E-state index < -0.39 is 0 Å². The number of nitrogen functional groups attached to an aromatic ring is 1. The molecule has 0 aliphatic heterocycles. The van der Waals surface area contributed by atoms with Gasteiger partial charge in [-0.2, -0.15) is 0 Å². The molecule has 0 bridgehead atoms. The van der Waals surface area contributed by atoms with Crippen LogP contribution in [0.3, 0.4) is 0 Å². The van der Waals surface area contributed by atoms with Crippen LogP contribution in [0.15, 0.2) is 12.3 Å². The average molecular weight is 110 g/mol. The van der Waals surface area contributed by atoms with Gasteiger partial charge in [0.25, 0.3) is 0 Å². The second-order valence-electron chi connectivity index (χ2n) is 1.52. The number of anilines is 1. The largest absolute Gasteiger partial charge is 0.368 e. The molecule has 0 aliphatic rings. The van der Waals surface area contributed by atoms with Gasteiger partial charge in [-0.25, -0.2) is 9.97 Å². The van der Waals surface area contributed by atoms with E-state index in [1.165, 1.54) is 0 Å². The summed E-state index contributed by atoms with van der Waals surface area (Å²) >= 11 is 0. The number of hydrogen-bond acceptors (Lipinski definition) is 3. The molecule has 0 aliphatic carbocycles. The van der Waals surface area contributed by atoms with Gasteiger partial charge in [-0.05, 0) is 13.0 Å². The van der Waals surface area contributed by atoms with Gasteiger partial charge in [0, 0.05) is 11.9 Å². The van der Waals surface area contributed by atoms with Crippen LogP contribution in [0.5, 0.6) is 0 Å². The molecule has 1 aromatic rings. The zero-order valence-electron chi connectivity index (χ0n) is 5.55. The van der Waals surface area contributed by atoms with Crippen LogP contribution in [0.2, 0.25) is 1.41 Å². The average Bonchev–Trinajstić information content (AvgIpc) is 1.88. The first-order valence-corrected chi connectivity index (χ1v) is 2.30. The Balaban J connectivity index is 2.94. The zero-order chi connectivity index (χ0) is 6.69. The highest BCUT2D eigenvalue weighted by atomic mass is 15.0. The van der Waals surface area contributed by atoms with Crippen molar-refractivity contribution in [3.63, 3.8) is 0 Å². The topological polar surface area (TPSA) is 51.8 Å². The molecule has 0 saturated carbocycles. The van der Waals surface area contributed by atoms with Crippen molar-refractivity contribution in [1.82, 2.24) is 9.97 Å². The lowest BCUT2D eigenvalue weighted by molar-refractivity contribution is 1.12. The minimum Gasteiger partial charge on any atom is -0.368 e. The van der Waals surface area contributed by atoms with E-state index in [0.717, 1.165) is 5.69 Å². The third kappa shape index (κ3) is 0.932. The Morgan fingerprint density at radius 2 is 2.75 bits per heavy atom. The Morgan fingerprint density at radius 3 is 3.25 bits per heavy atom. The van der Waals surface area contributed by atoms with E-state index in [0.29, 0.717) is 5.95 Å². The van der Waals surface area contributed by atoms with Crippen LogP contribution in [0.1, 0.15) is 5.69 Å². The number of hydrogen-bond donors (Lipinski definition) is 1. The summed E-state index contributed by atoms with van der Waals surface area (Å²) in [5.74, 6) is 0.343. The Bertz CT molecular complexity index is 201. The van der Waals surface area contributed by atoms with Crippen LogP contribution in [-0.4, -0.2) is 9.97 Å². The number of nitrogens with two attached hydrogens (primary N) is 1. The first kappa shape index (κ1) is 3.83. The van der Waals surface area contributed by atoms with Gasteiger partial charge in [-0.1, -0.05) is 0 Å². The van der Waals surface area contributed by atoms with Crippen LogP contribution >= 0.6 is 0 Å². The number of aryl methyl sites for hydroxylation is 1. The van der Waals surface area contributed by atoms with Crippen molar-refractivity contribution in [2.45, 2.75) is 6.92 Å². The molecule has 3 heteroatoms. The highest BCUT2D eigenvalue weighted by molar-refractivity contribution is 5.15. The summed E-state index contributed by atoms with van der Waals surface area (Å²) in [6.45, 7) is 1.85.